The molecule has 0 aromatic carbocycles. The Bertz CT molecular complexity index is 399. The van der Waals surface area contributed by atoms with Gasteiger partial charge in [-0.25, -0.2) is 0 Å². The lowest BCUT2D eigenvalue weighted by molar-refractivity contribution is 0.169. The first-order valence-corrected chi connectivity index (χ1v) is 7.63. The van der Waals surface area contributed by atoms with Gasteiger partial charge in [-0.05, 0) is 57.5 Å². The van der Waals surface area contributed by atoms with Crippen molar-refractivity contribution in [3.8, 4) is 0 Å². The Morgan fingerprint density at radius 1 is 1.40 bits per heavy atom. The average Bonchev–Trinajstić information content (AvgIpc) is 2.49. The molecular weight excluding hydrogens is 250 g/mol. The third-order valence-electron chi connectivity index (χ3n) is 4.31. The van der Waals surface area contributed by atoms with Crippen molar-refractivity contribution in [2.45, 2.75) is 32.3 Å². The van der Waals surface area contributed by atoms with Crippen molar-refractivity contribution in [3.05, 3.63) is 24.0 Å². The predicted molar refractivity (Wildman–Crippen MR) is 83.0 cm³/mol. The molecule has 4 nitrogen and oxygen atoms in total. The van der Waals surface area contributed by atoms with E-state index in [1.807, 2.05) is 19.2 Å². The normalized spacial score (nSPS) is 19.0. The van der Waals surface area contributed by atoms with Crippen LogP contribution in [0.15, 0.2) is 18.3 Å². The summed E-state index contributed by atoms with van der Waals surface area (Å²) in [6.45, 7) is 5.47. The number of piperidine rings is 1. The fraction of sp³-hybridized carbons (Fsp3) is 0.688. The zero-order valence-electron chi connectivity index (χ0n) is 12.9. The summed E-state index contributed by atoms with van der Waals surface area (Å²) < 4.78 is 0. The molecule has 1 aliphatic rings. The van der Waals surface area contributed by atoms with Crippen LogP contribution >= 0.6 is 0 Å². The van der Waals surface area contributed by atoms with Crippen LogP contribution in [0.4, 0.5) is 5.69 Å². The van der Waals surface area contributed by atoms with Crippen LogP contribution in [0.5, 0.6) is 0 Å². The Balaban J connectivity index is 1.90. The molecule has 1 fully saturated rings. The van der Waals surface area contributed by atoms with Crippen molar-refractivity contribution in [2.24, 2.45) is 5.92 Å². The highest BCUT2D eigenvalue weighted by Crippen LogP contribution is 2.21. The molecule has 2 rings (SSSR count). The van der Waals surface area contributed by atoms with E-state index in [1.165, 1.54) is 25.9 Å². The maximum absolute atomic E-state index is 9.76. The molecule has 1 N–H and O–H groups in total. The highest BCUT2D eigenvalue weighted by Gasteiger charge is 2.18. The number of pyridine rings is 1. The zero-order chi connectivity index (χ0) is 14.5. The number of hydrogen-bond acceptors (Lipinski definition) is 4. The van der Waals surface area contributed by atoms with Crippen LogP contribution in [0, 0.1) is 5.92 Å². The van der Waals surface area contributed by atoms with Crippen molar-refractivity contribution in [2.75, 3.05) is 38.6 Å². The lowest BCUT2D eigenvalue weighted by Gasteiger charge is -2.32. The third kappa shape index (κ3) is 3.93. The van der Waals surface area contributed by atoms with Crippen LogP contribution in [-0.2, 0) is 0 Å². The van der Waals surface area contributed by atoms with Gasteiger partial charge in [0.2, 0.25) is 0 Å². The van der Waals surface area contributed by atoms with E-state index in [0.29, 0.717) is 6.42 Å². The highest BCUT2D eigenvalue weighted by molar-refractivity contribution is 5.43. The number of rotatable bonds is 5. The topological polar surface area (TPSA) is 39.6 Å². The summed E-state index contributed by atoms with van der Waals surface area (Å²) in [4.78, 5) is 9.06. The standard InChI is InChI=1S/C16H27N3O/c1-4-16(20)15-6-5-14(11-17-15)19(3)12-13-7-9-18(2)10-8-13/h5-6,11,13,16,20H,4,7-10,12H2,1-3H3/t16-/m1/s1. The molecule has 0 unspecified atom stereocenters. The fourth-order valence-electron chi connectivity index (χ4n) is 2.77. The van der Waals surface area contributed by atoms with Crippen LogP contribution in [0.25, 0.3) is 0 Å². The molecule has 112 valence electrons. The summed E-state index contributed by atoms with van der Waals surface area (Å²) in [5.74, 6) is 0.775. The minimum atomic E-state index is -0.441. The van der Waals surface area contributed by atoms with E-state index in [1.54, 1.807) is 0 Å². The molecule has 0 bridgehead atoms. The zero-order valence-corrected chi connectivity index (χ0v) is 12.9. The van der Waals surface area contributed by atoms with E-state index in [-0.39, 0.29) is 0 Å². The minimum absolute atomic E-state index is 0.441. The van der Waals surface area contributed by atoms with Gasteiger partial charge in [-0.2, -0.15) is 0 Å². The van der Waals surface area contributed by atoms with Crippen LogP contribution in [0.2, 0.25) is 0 Å². The van der Waals surface area contributed by atoms with Crippen molar-refractivity contribution < 1.29 is 5.11 Å². The molecular formula is C16H27N3O. The second-order valence-corrected chi connectivity index (χ2v) is 5.99. The Labute approximate surface area is 122 Å². The van der Waals surface area contributed by atoms with Gasteiger partial charge >= 0.3 is 0 Å². The van der Waals surface area contributed by atoms with Crippen molar-refractivity contribution in [3.63, 3.8) is 0 Å². The van der Waals surface area contributed by atoms with E-state index in [9.17, 15) is 5.11 Å². The van der Waals surface area contributed by atoms with E-state index >= 15 is 0 Å². The first-order chi connectivity index (χ1) is 9.60. The van der Waals surface area contributed by atoms with Crippen LogP contribution in [-0.4, -0.2) is 48.7 Å². The number of anilines is 1. The second-order valence-electron chi connectivity index (χ2n) is 5.99. The first kappa shape index (κ1) is 15.3. The maximum atomic E-state index is 9.76. The van der Waals surface area contributed by atoms with Gasteiger partial charge in [-0.1, -0.05) is 6.92 Å². The lowest BCUT2D eigenvalue weighted by Crippen LogP contribution is -2.35. The van der Waals surface area contributed by atoms with Crippen LogP contribution < -0.4 is 4.90 Å². The van der Waals surface area contributed by atoms with E-state index < -0.39 is 6.10 Å². The van der Waals surface area contributed by atoms with Crippen molar-refractivity contribution >= 4 is 5.69 Å². The van der Waals surface area contributed by atoms with Gasteiger partial charge in [0.25, 0.3) is 0 Å². The van der Waals surface area contributed by atoms with E-state index in [2.05, 4.69) is 34.9 Å². The number of aromatic nitrogens is 1. The maximum Gasteiger partial charge on any atom is 0.0957 e. The van der Waals surface area contributed by atoms with Gasteiger partial charge in [0.05, 0.1) is 23.7 Å². The number of likely N-dealkylation sites (tertiary alicyclic amines) is 1. The summed E-state index contributed by atoms with van der Waals surface area (Å²) in [5.41, 5.74) is 1.90. The highest BCUT2D eigenvalue weighted by atomic mass is 16.3. The largest absolute Gasteiger partial charge is 0.387 e. The molecule has 1 aromatic rings. The van der Waals surface area contributed by atoms with Crippen LogP contribution in [0.3, 0.4) is 0 Å². The number of aliphatic hydroxyl groups excluding tert-OH is 1. The Hall–Kier alpha value is -1.13. The van der Waals surface area contributed by atoms with E-state index in [0.717, 1.165) is 23.8 Å². The average molecular weight is 277 g/mol. The summed E-state index contributed by atoms with van der Waals surface area (Å²) in [5, 5.41) is 9.76. The Morgan fingerprint density at radius 2 is 2.10 bits per heavy atom. The predicted octanol–water partition coefficient (Wildman–Crippen LogP) is 2.30. The molecule has 4 heteroatoms. The molecule has 0 aliphatic carbocycles. The van der Waals surface area contributed by atoms with Gasteiger partial charge in [-0.3, -0.25) is 4.98 Å². The van der Waals surface area contributed by atoms with Gasteiger partial charge in [-0.15, -0.1) is 0 Å². The molecule has 20 heavy (non-hydrogen) atoms. The van der Waals surface area contributed by atoms with Crippen molar-refractivity contribution in [1.29, 1.82) is 0 Å². The minimum Gasteiger partial charge on any atom is -0.387 e. The first-order valence-electron chi connectivity index (χ1n) is 7.63. The SMILES string of the molecule is CC[C@@H](O)c1ccc(N(C)CC2CCN(C)CC2)cn1. The molecule has 0 amide bonds. The second kappa shape index (κ2) is 7.04. The van der Waals surface area contributed by atoms with Gasteiger partial charge in [0, 0.05) is 13.6 Å². The number of nitrogens with zero attached hydrogens (tertiary/aromatic N) is 3. The lowest BCUT2D eigenvalue weighted by atomic mass is 9.96. The quantitative estimate of drug-likeness (QED) is 0.896. The van der Waals surface area contributed by atoms with Gasteiger partial charge in [0.1, 0.15) is 0 Å². The Kier molecular flexibility index (Phi) is 5.38. The molecule has 2 heterocycles. The van der Waals surface area contributed by atoms with Gasteiger partial charge in [0.15, 0.2) is 0 Å². The number of aliphatic hydroxyl groups is 1. The van der Waals surface area contributed by atoms with Crippen molar-refractivity contribution in [1.82, 2.24) is 9.88 Å². The number of hydrogen-bond donors (Lipinski definition) is 1. The van der Waals surface area contributed by atoms with E-state index in [4.69, 9.17) is 0 Å². The smallest absolute Gasteiger partial charge is 0.0957 e. The molecule has 1 saturated heterocycles. The molecule has 1 atom stereocenters. The molecule has 1 aliphatic heterocycles. The monoisotopic (exact) mass is 277 g/mol. The summed E-state index contributed by atoms with van der Waals surface area (Å²) >= 11 is 0. The summed E-state index contributed by atoms with van der Waals surface area (Å²) in [6.07, 6.45) is 4.70. The fourth-order valence-corrected chi connectivity index (χ4v) is 2.77. The van der Waals surface area contributed by atoms with Gasteiger partial charge < -0.3 is 14.9 Å². The molecule has 0 radical (unpaired) electrons. The molecule has 0 spiro atoms. The molecule has 0 saturated carbocycles. The molecule has 1 aromatic heterocycles. The Morgan fingerprint density at radius 3 is 2.65 bits per heavy atom. The van der Waals surface area contributed by atoms with Crippen LogP contribution in [0.1, 0.15) is 38.0 Å². The summed E-state index contributed by atoms with van der Waals surface area (Å²) in [6, 6.07) is 4.00. The third-order valence-corrected chi connectivity index (χ3v) is 4.31. The summed E-state index contributed by atoms with van der Waals surface area (Å²) in [7, 11) is 4.33.